The van der Waals surface area contributed by atoms with E-state index in [1.165, 1.54) is 23.2 Å². The van der Waals surface area contributed by atoms with Crippen LogP contribution in [0.4, 0.5) is 0 Å². The Hall–Kier alpha value is -2.38. The van der Waals surface area contributed by atoms with Crippen molar-refractivity contribution in [2.75, 3.05) is 26.7 Å². The number of carbonyl (C=O) groups excluding carboxylic acids is 3. The molecule has 3 rings (SSSR count). The zero-order valence-electron chi connectivity index (χ0n) is 17.1. The van der Waals surface area contributed by atoms with Crippen molar-refractivity contribution in [3.63, 3.8) is 0 Å². The third kappa shape index (κ3) is 5.02. The van der Waals surface area contributed by atoms with Crippen LogP contribution in [0, 0.1) is 0 Å². The molecule has 8 heteroatoms. The lowest BCUT2D eigenvalue weighted by molar-refractivity contribution is -0.159. The highest BCUT2D eigenvalue weighted by molar-refractivity contribution is 7.16. The monoisotopic (exact) mass is 448 g/mol. The van der Waals surface area contributed by atoms with Gasteiger partial charge in [-0.3, -0.25) is 14.4 Å². The number of hydrogen-bond donors (Lipinski definition) is 0. The first-order chi connectivity index (χ1) is 14.3. The van der Waals surface area contributed by atoms with Gasteiger partial charge in [-0.1, -0.05) is 41.9 Å². The molecule has 0 bridgehead atoms. The van der Waals surface area contributed by atoms with Gasteiger partial charge in [0.15, 0.2) is 6.61 Å². The second-order valence-corrected chi connectivity index (χ2v) is 9.29. The average molecular weight is 449 g/mol. The summed E-state index contributed by atoms with van der Waals surface area (Å²) < 4.78 is 6.17. The third-order valence-electron chi connectivity index (χ3n) is 5.55. The zero-order valence-corrected chi connectivity index (χ0v) is 18.7. The molecule has 0 unspecified atom stereocenters. The quantitative estimate of drug-likeness (QED) is 0.634. The fourth-order valence-electron chi connectivity index (χ4n) is 3.71. The van der Waals surface area contributed by atoms with Crippen molar-refractivity contribution in [2.24, 2.45) is 0 Å². The number of amides is 2. The van der Waals surface area contributed by atoms with Crippen molar-refractivity contribution in [1.82, 2.24) is 9.80 Å². The van der Waals surface area contributed by atoms with Gasteiger partial charge in [-0.15, -0.1) is 11.3 Å². The molecule has 0 radical (unpaired) electrons. The molecule has 0 atom stereocenters. The highest BCUT2D eigenvalue weighted by Gasteiger charge is 2.45. The van der Waals surface area contributed by atoms with E-state index in [9.17, 15) is 14.4 Å². The van der Waals surface area contributed by atoms with E-state index in [0.29, 0.717) is 36.8 Å². The van der Waals surface area contributed by atoms with Gasteiger partial charge in [-0.25, -0.2) is 0 Å². The van der Waals surface area contributed by atoms with Crippen molar-refractivity contribution >= 4 is 40.7 Å². The Labute approximate surface area is 185 Å². The minimum atomic E-state index is -0.854. The number of piperidine rings is 1. The van der Waals surface area contributed by atoms with Crippen molar-refractivity contribution in [1.29, 1.82) is 0 Å². The van der Waals surface area contributed by atoms with Gasteiger partial charge < -0.3 is 14.5 Å². The first-order valence-electron chi connectivity index (χ1n) is 9.78. The summed E-state index contributed by atoms with van der Waals surface area (Å²) in [5.74, 6) is -0.703. The van der Waals surface area contributed by atoms with Crippen LogP contribution in [-0.2, 0) is 31.1 Å². The topological polar surface area (TPSA) is 66.9 Å². The van der Waals surface area contributed by atoms with Gasteiger partial charge >= 0.3 is 5.97 Å². The van der Waals surface area contributed by atoms with Crippen LogP contribution < -0.4 is 0 Å². The molecule has 0 N–H and O–H groups in total. The lowest BCUT2D eigenvalue weighted by atomic mass is 9.72. The number of ether oxygens (including phenoxy) is 1. The molecular weight excluding hydrogens is 424 g/mol. The van der Waals surface area contributed by atoms with Crippen LogP contribution in [0.3, 0.4) is 0 Å². The molecule has 1 saturated heterocycles. The lowest BCUT2D eigenvalue weighted by Crippen LogP contribution is -2.49. The summed E-state index contributed by atoms with van der Waals surface area (Å²) in [5, 5.41) is 0. The fraction of sp³-hybridized carbons (Fsp3) is 0.409. The van der Waals surface area contributed by atoms with Crippen LogP contribution in [0.2, 0.25) is 4.34 Å². The van der Waals surface area contributed by atoms with Gasteiger partial charge in [0.05, 0.1) is 16.3 Å². The smallest absolute Gasteiger partial charge is 0.317 e. The highest BCUT2D eigenvalue weighted by Crippen LogP contribution is 2.37. The summed E-state index contributed by atoms with van der Waals surface area (Å²) in [6.45, 7) is 2.58. The molecular formula is C22H25ClN2O4S. The molecule has 30 heavy (non-hydrogen) atoms. The summed E-state index contributed by atoms with van der Waals surface area (Å²) in [6.07, 6.45) is 0.931. The van der Waals surface area contributed by atoms with E-state index in [0.717, 1.165) is 10.4 Å². The number of nitrogens with zero attached hydrogens (tertiary/aromatic N) is 2. The largest absolute Gasteiger partial charge is 0.455 e. The average Bonchev–Trinajstić information content (AvgIpc) is 3.16. The second kappa shape index (κ2) is 9.62. The van der Waals surface area contributed by atoms with E-state index < -0.39 is 11.4 Å². The SMILES string of the molecule is CC(=O)N1CCC(C(=O)OCC(=O)N(C)Cc2ccc(Cl)s2)(c2ccccc2)CC1. The molecule has 2 heterocycles. The predicted octanol–water partition coefficient (Wildman–Crippen LogP) is 3.48. The summed E-state index contributed by atoms with van der Waals surface area (Å²) in [5.41, 5.74) is 0.0000889. The molecule has 0 saturated carbocycles. The molecule has 2 amide bonds. The van der Waals surface area contributed by atoms with Crippen LogP contribution in [0.5, 0.6) is 0 Å². The zero-order chi connectivity index (χ0) is 21.7. The Morgan fingerprint density at radius 2 is 1.80 bits per heavy atom. The molecule has 1 aromatic carbocycles. The standard InChI is InChI=1S/C22H25ClN2O4S/c1-16(26)25-12-10-22(11-13-25,17-6-4-3-5-7-17)21(28)29-15-20(27)24(2)14-18-8-9-19(23)30-18/h3-9H,10-15H2,1-2H3. The number of rotatable bonds is 6. The predicted molar refractivity (Wildman–Crippen MR) is 116 cm³/mol. The number of thiophene rings is 1. The number of hydrogen-bond acceptors (Lipinski definition) is 5. The number of likely N-dealkylation sites (tertiary alicyclic amines) is 1. The number of halogens is 1. The Morgan fingerprint density at radius 3 is 2.37 bits per heavy atom. The van der Waals surface area contributed by atoms with E-state index in [2.05, 4.69) is 0 Å². The second-order valence-electron chi connectivity index (χ2n) is 7.49. The molecule has 1 aromatic heterocycles. The van der Waals surface area contributed by atoms with Gasteiger partial charge in [-0.2, -0.15) is 0 Å². The maximum Gasteiger partial charge on any atom is 0.317 e. The third-order valence-corrected chi connectivity index (χ3v) is 6.77. The Morgan fingerprint density at radius 1 is 1.13 bits per heavy atom. The van der Waals surface area contributed by atoms with Crippen LogP contribution in [0.25, 0.3) is 0 Å². The summed E-state index contributed by atoms with van der Waals surface area (Å²) in [4.78, 5) is 41.6. The van der Waals surface area contributed by atoms with Crippen molar-refractivity contribution in [3.8, 4) is 0 Å². The van der Waals surface area contributed by atoms with Gasteiger partial charge in [0.2, 0.25) is 5.91 Å². The number of likely N-dealkylation sites (N-methyl/N-ethyl adjacent to an activating group) is 1. The van der Waals surface area contributed by atoms with Crippen LogP contribution in [0.1, 0.15) is 30.2 Å². The summed E-state index contributed by atoms with van der Waals surface area (Å²) in [6, 6.07) is 13.1. The number of esters is 1. The molecule has 1 aliphatic heterocycles. The van der Waals surface area contributed by atoms with E-state index in [1.54, 1.807) is 18.0 Å². The first-order valence-corrected chi connectivity index (χ1v) is 11.0. The van der Waals surface area contributed by atoms with E-state index >= 15 is 0 Å². The van der Waals surface area contributed by atoms with E-state index in [4.69, 9.17) is 16.3 Å². The summed E-state index contributed by atoms with van der Waals surface area (Å²) >= 11 is 7.35. The first kappa shape index (κ1) is 22.3. The van der Waals surface area contributed by atoms with Crippen LogP contribution in [-0.4, -0.2) is 54.3 Å². The van der Waals surface area contributed by atoms with Gasteiger partial charge in [0.1, 0.15) is 0 Å². The van der Waals surface area contributed by atoms with Gasteiger partial charge in [0.25, 0.3) is 5.91 Å². The van der Waals surface area contributed by atoms with Gasteiger partial charge in [-0.05, 0) is 30.5 Å². The van der Waals surface area contributed by atoms with E-state index in [1.807, 2.05) is 36.4 Å². The molecule has 1 fully saturated rings. The maximum atomic E-state index is 13.2. The number of carbonyl (C=O) groups is 3. The van der Waals surface area contributed by atoms with Gasteiger partial charge in [0, 0.05) is 31.9 Å². The molecule has 160 valence electrons. The summed E-state index contributed by atoms with van der Waals surface area (Å²) in [7, 11) is 1.67. The highest BCUT2D eigenvalue weighted by atomic mass is 35.5. The molecule has 6 nitrogen and oxygen atoms in total. The Balaban J connectivity index is 1.66. The molecule has 1 aliphatic rings. The van der Waals surface area contributed by atoms with Crippen molar-refractivity contribution < 1.29 is 19.1 Å². The van der Waals surface area contributed by atoms with Crippen LogP contribution >= 0.6 is 22.9 Å². The molecule has 0 spiro atoms. The fourth-order valence-corrected chi connectivity index (χ4v) is 4.85. The van der Waals surface area contributed by atoms with Crippen molar-refractivity contribution in [3.05, 3.63) is 57.2 Å². The number of benzene rings is 1. The van der Waals surface area contributed by atoms with Crippen molar-refractivity contribution in [2.45, 2.75) is 31.7 Å². The molecule has 2 aromatic rings. The Kier molecular flexibility index (Phi) is 7.15. The maximum absolute atomic E-state index is 13.2. The minimum absolute atomic E-state index is 0.00416. The Bertz CT molecular complexity index is 907. The minimum Gasteiger partial charge on any atom is -0.455 e. The van der Waals surface area contributed by atoms with E-state index in [-0.39, 0.29) is 18.4 Å². The normalized spacial score (nSPS) is 15.5. The lowest BCUT2D eigenvalue weighted by Gasteiger charge is -2.40. The molecule has 0 aliphatic carbocycles. The van der Waals surface area contributed by atoms with Crippen LogP contribution in [0.15, 0.2) is 42.5 Å².